The number of carbonyl (C=O) groups excluding carboxylic acids is 1. The van der Waals surface area contributed by atoms with Gasteiger partial charge in [0.15, 0.2) is 17.1 Å². The number of anilines is 1. The van der Waals surface area contributed by atoms with Crippen molar-refractivity contribution in [3.8, 4) is 5.75 Å². The lowest BCUT2D eigenvalue weighted by Gasteiger charge is -2.15. The van der Waals surface area contributed by atoms with Crippen molar-refractivity contribution in [1.29, 1.82) is 0 Å². The second-order valence-electron chi connectivity index (χ2n) is 6.87. The summed E-state index contributed by atoms with van der Waals surface area (Å²) in [5.74, 6) is 1.46. The van der Waals surface area contributed by atoms with Crippen molar-refractivity contribution in [3.63, 3.8) is 0 Å². The monoisotopic (exact) mass is 464 g/mol. The zero-order valence-electron chi connectivity index (χ0n) is 17.1. The molecule has 0 aliphatic heterocycles. The molecule has 0 saturated heterocycles. The number of hydrogen-bond acceptors (Lipinski definition) is 5. The van der Waals surface area contributed by atoms with E-state index < -0.39 is 0 Å². The molecule has 1 N–H and O–H groups in total. The van der Waals surface area contributed by atoms with Crippen LogP contribution in [0.1, 0.15) is 30.0 Å². The van der Waals surface area contributed by atoms with Crippen molar-refractivity contribution in [3.05, 3.63) is 63.4 Å². The normalized spacial score (nSPS) is 11.9. The summed E-state index contributed by atoms with van der Waals surface area (Å²) in [6.07, 6.45) is -0.288. The number of aryl methyl sites for hydroxylation is 2. The van der Waals surface area contributed by atoms with Gasteiger partial charge in [0.25, 0.3) is 0 Å². The molecule has 0 aliphatic carbocycles. The summed E-state index contributed by atoms with van der Waals surface area (Å²) in [4.78, 5) is 12.2. The van der Waals surface area contributed by atoms with Gasteiger partial charge in [-0.15, -0.1) is 10.2 Å². The minimum Gasteiger partial charge on any atom is -0.483 e. The summed E-state index contributed by atoms with van der Waals surface area (Å²) in [7, 11) is 1.86. The van der Waals surface area contributed by atoms with Gasteiger partial charge in [-0.25, -0.2) is 0 Å². The Kier molecular flexibility index (Phi) is 7.28. The lowest BCUT2D eigenvalue weighted by Crippen LogP contribution is -2.15. The number of hydrogen-bond donors (Lipinski definition) is 1. The fourth-order valence-corrected chi connectivity index (χ4v) is 3.77. The molecule has 0 saturated carbocycles. The Labute approximate surface area is 189 Å². The van der Waals surface area contributed by atoms with Crippen LogP contribution in [0.4, 0.5) is 5.69 Å². The fourth-order valence-electron chi connectivity index (χ4n) is 2.75. The number of rotatable bonds is 7. The van der Waals surface area contributed by atoms with Crippen molar-refractivity contribution in [2.75, 3.05) is 11.1 Å². The maximum atomic E-state index is 12.2. The largest absolute Gasteiger partial charge is 0.483 e. The van der Waals surface area contributed by atoms with E-state index >= 15 is 0 Å². The second kappa shape index (κ2) is 9.73. The van der Waals surface area contributed by atoms with Crippen LogP contribution in [0.25, 0.3) is 0 Å². The molecule has 0 radical (unpaired) electrons. The third kappa shape index (κ3) is 5.47. The number of ether oxygens (including phenoxy) is 1. The van der Waals surface area contributed by atoms with Crippen LogP contribution in [-0.2, 0) is 11.8 Å². The molecule has 2 aromatic carbocycles. The number of carbonyl (C=O) groups is 1. The maximum Gasteiger partial charge on any atom is 0.234 e. The summed E-state index contributed by atoms with van der Waals surface area (Å²) in [6, 6.07) is 10.9. The van der Waals surface area contributed by atoms with Crippen LogP contribution in [0.5, 0.6) is 5.75 Å². The van der Waals surface area contributed by atoms with Crippen LogP contribution in [-0.4, -0.2) is 26.4 Å². The number of benzene rings is 2. The quantitative estimate of drug-likeness (QED) is 0.460. The van der Waals surface area contributed by atoms with Crippen molar-refractivity contribution in [2.45, 2.75) is 32.0 Å². The Balaban J connectivity index is 1.59. The van der Waals surface area contributed by atoms with E-state index in [4.69, 9.17) is 27.9 Å². The molecule has 0 bridgehead atoms. The van der Waals surface area contributed by atoms with Gasteiger partial charge in [0, 0.05) is 12.7 Å². The number of nitrogens with zero attached hydrogens (tertiary/aromatic N) is 3. The van der Waals surface area contributed by atoms with Crippen molar-refractivity contribution >= 4 is 46.6 Å². The highest BCUT2D eigenvalue weighted by Crippen LogP contribution is 2.27. The molecular weight excluding hydrogens is 443 g/mol. The van der Waals surface area contributed by atoms with E-state index in [0.717, 1.165) is 5.75 Å². The van der Waals surface area contributed by atoms with Crippen LogP contribution < -0.4 is 10.1 Å². The van der Waals surface area contributed by atoms with Gasteiger partial charge in [0.05, 0.1) is 15.8 Å². The summed E-state index contributed by atoms with van der Waals surface area (Å²) in [5, 5.41) is 12.7. The topological polar surface area (TPSA) is 69.0 Å². The van der Waals surface area contributed by atoms with E-state index in [1.54, 1.807) is 18.2 Å². The molecule has 1 heterocycles. The van der Waals surface area contributed by atoms with Crippen LogP contribution in [0, 0.1) is 13.8 Å². The Morgan fingerprint density at radius 1 is 1.13 bits per heavy atom. The highest BCUT2D eigenvalue weighted by Gasteiger charge is 2.18. The number of aromatic nitrogens is 3. The highest BCUT2D eigenvalue weighted by molar-refractivity contribution is 7.99. The number of amides is 1. The van der Waals surface area contributed by atoms with Gasteiger partial charge in [0.1, 0.15) is 5.75 Å². The Morgan fingerprint density at radius 2 is 1.90 bits per heavy atom. The predicted molar refractivity (Wildman–Crippen MR) is 122 cm³/mol. The number of nitrogens with one attached hydrogen (secondary N) is 1. The zero-order chi connectivity index (χ0) is 21.8. The van der Waals surface area contributed by atoms with Crippen molar-refractivity contribution in [1.82, 2.24) is 14.8 Å². The van der Waals surface area contributed by atoms with Crippen LogP contribution in [0.2, 0.25) is 10.0 Å². The van der Waals surface area contributed by atoms with Gasteiger partial charge in [0.2, 0.25) is 5.91 Å². The first-order valence-electron chi connectivity index (χ1n) is 9.25. The van der Waals surface area contributed by atoms with E-state index in [9.17, 15) is 4.79 Å². The molecule has 0 fully saturated rings. The summed E-state index contributed by atoms with van der Waals surface area (Å²) >= 11 is 13.2. The lowest BCUT2D eigenvalue weighted by atomic mass is 10.1. The molecule has 0 spiro atoms. The fraction of sp³-hybridized carbons (Fsp3) is 0.286. The van der Waals surface area contributed by atoms with Gasteiger partial charge in [-0.1, -0.05) is 41.0 Å². The van der Waals surface area contributed by atoms with Crippen molar-refractivity contribution in [2.24, 2.45) is 7.05 Å². The highest BCUT2D eigenvalue weighted by atomic mass is 35.5. The Bertz CT molecular complexity index is 1070. The first-order valence-corrected chi connectivity index (χ1v) is 11.0. The number of thioether (sulfide) groups is 1. The summed E-state index contributed by atoms with van der Waals surface area (Å²) < 4.78 is 7.86. The third-order valence-electron chi connectivity index (χ3n) is 4.56. The standard InChI is InChI=1S/C21H22Cl2N4O2S/c1-12-5-7-16(9-13(12)2)29-14(3)20-25-26-21(27(20)4)30-11-19(28)24-15-6-8-17(22)18(23)10-15/h5-10,14H,11H2,1-4H3,(H,24,28). The van der Waals surface area contributed by atoms with E-state index in [1.807, 2.05) is 43.7 Å². The first-order chi connectivity index (χ1) is 14.2. The minimum absolute atomic E-state index is 0.178. The Morgan fingerprint density at radius 3 is 2.60 bits per heavy atom. The molecule has 158 valence electrons. The van der Waals surface area contributed by atoms with Gasteiger partial charge in [-0.05, 0) is 62.2 Å². The molecule has 1 atom stereocenters. The van der Waals surface area contributed by atoms with Gasteiger partial charge in [-0.3, -0.25) is 4.79 Å². The smallest absolute Gasteiger partial charge is 0.234 e. The van der Waals surface area contributed by atoms with Crippen molar-refractivity contribution < 1.29 is 9.53 Å². The minimum atomic E-state index is -0.288. The SMILES string of the molecule is Cc1ccc(OC(C)c2nnc(SCC(=O)Nc3ccc(Cl)c(Cl)c3)n2C)cc1C. The molecule has 1 aromatic heterocycles. The molecule has 1 unspecified atom stereocenters. The molecule has 9 heteroatoms. The molecule has 3 rings (SSSR count). The van der Waals surface area contributed by atoms with E-state index in [-0.39, 0.29) is 17.8 Å². The van der Waals surface area contributed by atoms with Gasteiger partial charge in [-0.2, -0.15) is 0 Å². The average Bonchev–Trinajstić information content (AvgIpc) is 3.06. The molecule has 6 nitrogen and oxygen atoms in total. The third-order valence-corrected chi connectivity index (χ3v) is 6.32. The zero-order valence-corrected chi connectivity index (χ0v) is 19.4. The van der Waals surface area contributed by atoms with Gasteiger partial charge >= 0.3 is 0 Å². The number of halogens is 2. The van der Waals surface area contributed by atoms with Crippen LogP contribution in [0.15, 0.2) is 41.6 Å². The average molecular weight is 465 g/mol. The Hall–Kier alpha value is -2.22. The van der Waals surface area contributed by atoms with E-state index in [1.165, 1.54) is 22.9 Å². The summed E-state index contributed by atoms with van der Waals surface area (Å²) in [5.41, 5.74) is 2.97. The lowest BCUT2D eigenvalue weighted by molar-refractivity contribution is -0.113. The molecule has 3 aromatic rings. The summed E-state index contributed by atoms with van der Waals surface area (Å²) in [6.45, 7) is 6.03. The van der Waals surface area contributed by atoms with Crippen LogP contribution >= 0.6 is 35.0 Å². The predicted octanol–water partition coefficient (Wildman–Crippen LogP) is 5.61. The first kappa shape index (κ1) is 22.5. The second-order valence-corrected chi connectivity index (χ2v) is 8.63. The van der Waals surface area contributed by atoms with E-state index in [0.29, 0.717) is 26.7 Å². The van der Waals surface area contributed by atoms with Crippen LogP contribution in [0.3, 0.4) is 0 Å². The van der Waals surface area contributed by atoms with Gasteiger partial charge < -0.3 is 14.6 Å². The molecule has 30 heavy (non-hydrogen) atoms. The molecular formula is C21H22Cl2N4O2S. The molecule has 0 aliphatic rings. The maximum absolute atomic E-state index is 12.2. The van der Waals surface area contributed by atoms with E-state index in [2.05, 4.69) is 22.4 Å². The molecule has 1 amide bonds.